The fraction of sp³-hybridized carbons (Fsp3) is 0.667. The van der Waals surface area contributed by atoms with E-state index in [0.717, 1.165) is 43.0 Å². The second kappa shape index (κ2) is 13.9. The van der Waals surface area contributed by atoms with E-state index in [0.29, 0.717) is 19.8 Å². The van der Waals surface area contributed by atoms with Crippen molar-refractivity contribution < 1.29 is 9.53 Å². The molecule has 0 saturated heterocycles. The van der Waals surface area contributed by atoms with Gasteiger partial charge >= 0.3 is 0 Å². The lowest BCUT2D eigenvalue weighted by atomic mass is 10.1. The zero-order chi connectivity index (χ0) is 19.5. The van der Waals surface area contributed by atoms with Crippen LogP contribution in [0.25, 0.3) is 0 Å². The van der Waals surface area contributed by atoms with Crippen LogP contribution < -0.4 is 5.32 Å². The first-order valence-electron chi connectivity index (χ1n) is 9.86. The number of rotatable bonds is 12. The van der Waals surface area contributed by atoms with E-state index in [-0.39, 0.29) is 24.4 Å². The molecule has 0 aromatic heterocycles. The van der Waals surface area contributed by atoms with Crippen molar-refractivity contribution >= 4 is 24.0 Å². The summed E-state index contributed by atoms with van der Waals surface area (Å²) in [5.74, 6) is 0.0327. The van der Waals surface area contributed by atoms with Gasteiger partial charge in [-0.1, -0.05) is 39.0 Å². The summed E-state index contributed by atoms with van der Waals surface area (Å²) in [5.41, 5.74) is 3.12. The molecule has 0 radical (unpaired) electrons. The standard InChI is InChI=1S/C21H37N3O2.ClH/c1-7-23(8-2)14-19(16-26-10-4)24(9-3)15-20(25)22-21-17(5)12-11-13-18(21)6;/h11-13,19H,7-10,14-16H2,1-6H3,(H,22,25);1H. The Morgan fingerprint density at radius 3 is 2.15 bits per heavy atom. The minimum Gasteiger partial charge on any atom is -0.380 e. The van der Waals surface area contributed by atoms with Gasteiger partial charge in [-0.15, -0.1) is 12.4 Å². The van der Waals surface area contributed by atoms with Gasteiger partial charge in [0, 0.05) is 24.9 Å². The molecule has 0 fully saturated rings. The van der Waals surface area contributed by atoms with Crippen LogP contribution in [0.2, 0.25) is 0 Å². The van der Waals surface area contributed by atoms with Gasteiger partial charge in [0.25, 0.3) is 0 Å². The Hall–Kier alpha value is -1.14. The zero-order valence-electron chi connectivity index (χ0n) is 17.9. The topological polar surface area (TPSA) is 44.8 Å². The first-order chi connectivity index (χ1) is 12.5. The van der Waals surface area contributed by atoms with Crippen molar-refractivity contribution in [3.05, 3.63) is 29.3 Å². The van der Waals surface area contributed by atoms with E-state index in [1.54, 1.807) is 0 Å². The van der Waals surface area contributed by atoms with Crippen LogP contribution in [-0.2, 0) is 9.53 Å². The smallest absolute Gasteiger partial charge is 0.238 e. The number of ether oxygens (including phenoxy) is 1. The van der Waals surface area contributed by atoms with Gasteiger partial charge < -0.3 is 15.0 Å². The van der Waals surface area contributed by atoms with Gasteiger partial charge in [-0.3, -0.25) is 9.69 Å². The number of benzene rings is 1. The molecule has 1 atom stereocenters. The lowest BCUT2D eigenvalue weighted by Crippen LogP contribution is -2.49. The molecule has 27 heavy (non-hydrogen) atoms. The molecule has 5 nitrogen and oxygen atoms in total. The second-order valence-electron chi connectivity index (χ2n) is 6.68. The quantitative estimate of drug-likeness (QED) is 0.581. The Bertz CT molecular complexity index is 530. The van der Waals surface area contributed by atoms with Gasteiger partial charge in [-0.05, 0) is 51.5 Å². The molecule has 1 aromatic carbocycles. The number of nitrogens with one attached hydrogen (secondary N) is 1. The zero-order valence-corrected chi connectivity index (χ0v) is 18.7. The summed E-state index contributed by atoms with van der Waals surface area (Å²) in [5, 5.41) is 3.10. The average Bonchev–Trinajstić information content (AvgIpc) is 2.63. The predicted octanol–water partition coefficient (Wildman–Crippen LogP) is 3.73. The van der Waals surface area contributed by atoms with E-state index < -0.39 is 0 Å². The molecule has 156 valence electrons. The van der Waals surface area contributed by atoms with Crippen molar-refractivity contribution in [1.82, 2.24) is 9.80 Å². The summed E-state index contributed by atoms with van der Waals surface area (Å²) in [6.45, 7) is 18.0. The summed E-state index contributed by atoms with van der Waals surface area (Å²) in [7, 11) is 0. The van der Waals surface area contributed by atoms with Gasteiger partial charge in [-0.2, -0.15) is 0 Å². The van der Waals surface area contributed by atoms with Gasteiger partial charge in [0.15, 0.2) is 0 Å². The largest absolute Gasteiger partial charge is 0.380 e. The molecule has 1 rings (SSSR count). The minimum atomic E-state index is 0. The number of carbonyl (C=O) groups excluding carboxylic acids is 1. The number of likely N-dealkylation sites (N-methyl/N-ethyl adjacent to an activating group) is 2. The van der Waals surface area contributed by atoms with Crippen LogP contribution >= 0.6 is 12.4 Å². The summed E-state index contributed by atoms with van der Waals surface area (Å²) < 4.78 is 5.71. The van der Waals surface area contributed by atoms with Crippen LogP contribution in [-0.4, -0.2) is 67.7 Å². The molecule has 1 amide bonds. The molecule has 0 aliphatic rings. The molecule has 1 aromatic rings. The molecular weight excluding hydrogens is 362 g/mol. The first kappa shape index (κ1) is 25.9. The van der Waals surface area contributed by atoms with Crippen molar-refractivity contribution in [2.45, 2.75) is 47.6 Å². The SMILES string of the molecule is CCOCC(CN(CC)CC)N(CC)CC(=O)Nc1c(C)cccc1C.Cl. The molecule has 0 aliphatic carbocycles. The third-order valence-electron chi connectivity index (χ3n) is 4.89. The number of hydrogen-bond donors (Lipinski definition) is 1. The highest BCUT2D eigenvalue weighted by molar-refractivity contribution is 5.93. The number of para-hydroxylation sites is 1. The van der Waals surface area contributed by atoms with Crippen molar-refractivity contribution in [2.75, 3.05) is 51.3 Å². The molecule has 6 heteroatoms. The van der Waals surface area contributed by atoms with E-state index in [1.807, 2.05) is 39.0 Å². The molecule has 0 spiro atoms. The van der Waals surface area contributed by atoms with Crippen LogP contribution in [0.1, 0.15) is 38.8 Å². The highest BCUT2D eigenvalue weighted by Gasteiger charge is 2.22. The number of halogens is 1. The van der Waals surface area contributed by atoms with Gasteiger partial charge in [0.2, 0.25) is 5.91 Å². The van der Waals surface area contributed by atoms with Crippen molar-refractivity contribution in [3.8, 4) is 0 Å². The lowest BCUT2D eigenvalue weighted by molar-refractivity contribution is -0.118. The Labute approximate surface area is 171 Å². The van der Waals surface area contributed by atoms with E-state index in [1.165, 1.54) is 0 Å². The molecule has 0 aliphatic heterocycles. The number of aryl methyl sites for hydroxylation is 2. The Morgan fingerprint density at radius 2 is 1.67 bits per heavy atom. The minimum absolute atomic E-state index is 0. The van der Waals surface area contributed by atoms with Crippen LogP contribution in [0.4, 0.5) is 5.69 Å². The molecule has 0 saturated carbocycles. The van der Waals surface area contributed by atoms with Gasteiger partial charge in [0.05, 0.1) is 13.2 Å². The number of nitrogens with zero attached hydrogens (tertiary/aromatic N) is 2. The van der Waals surface area contributed by atoms with E-state index in [2.05, 4.69) is 35.9 Å². The van der Waals surface area contributed by atoms with Crippen LogP contribution in [0.3, 0.4) is 0 Å². The molecule has 1 unspecified atom stereocenters. The third-order valence-corrected chi connectivity index (χ3v) is 4.89. The average molecular weight is 400 g/mol. The van der Waals surface area contributed by atoms with Crippen LogP contribution in [0, 0.1) is 13.8 Å². The van der Waals surface area contributed by atoms with Gasteiger partial charge in [0.1, 0.15) is 0 Å². The van der Waals surface area contributed by atoms with Crippen molar-refractivity contribution in [1.29, 1.82) is 0 Å². The second-order valence-corrected chi connectivity index (χ2v) is 6.68. The molecule has 1 N–H and O–H groups in total. The molecule has 0 heterocycles. The van der Waals surface area contributed by atoms with Crippen LogP contribution in [0.15, 0.2) is 18.2 Å². The highest BCUT2D eigenvalue weighted by atomic mass is 35.5. The Kier molecular flexibility index (Phi) is 13.4. The summed E-state index contributed by atoms with van der Waals surface area (Å²) in [4.78, 5) is 17.3. The fourth-order valence-electron chi connectivity index (χ4n) is 3.18. The van der Waals surface area contributed by atoms with Crippen molar-refractivity contribution in [3.63, 3.8) is 0 Å². The number of amides is 1. The number of hydrogen-bond acceptors (Lipinski definition) is 4. The van der Waals surface area contributed by atoms with E-state index in [9.17, 15) is 4.79 Å². The number of carbonyl (C=O) groups is 1. The third kappa shape index (κ3) is 8.60. The van der Waals surface area contributed by atoms with Gasteiger partial charge in [-0.25, -0.2) is 0 Å². The fourth-order valence-corrected chi connectivity index (χ4v) is 3.18. The maximum atomic E-state index is 12.7. The highest BCUT2D eigenvalue weighted by Crippen LogP contribution is 2.19. The lowest BCUT2D eigenvalue weighted by Gasteiger charge is -2.33. The first-order valence-corrected chi connectivity index (χ1v) is 9.86. The van der Waals surface area contributed by atoms with E-state index in [4.69, 9.17) is 4.74 Å². The number of anilines is 1. The van der Waals surface area contributed by atoms with Crippen molar-refractivity contribution in [2.24, 2.45) is 0 Å². The predicted molar refractivity (Wildman–Crippen MR) is 117 cm³/mol. The summed E-state index contributed by atoms with van der Waals surface area (Å²) in [6.07, 6.45) is 0. The molecular formula is C21H38ClN3O2. The monoisotopic (exact) mass is 399 g/mol. The Balaban J connectivity index is 0.00000676. The maximum Gasteiger partial charge on any atom is 0.238 e. The van der Waals surface area contributed by atoms with E-state index >= 15 is 0 Å². The summed E-state index contributed by atoms with van der Waals surface area (Å²) in [6, 6.07) is 6.28. The summed E-state index contributed by atoms with van der Waals surface area (Å²) >= 11 is 0. The normalized spacial score (nSPS) is 12.1. The van der Waals surface area contributed by atoms with Crippen LogP contribution in [0.5, 0.6) is 0 Å². The molecule has 0 bridgehead atoms. The maximum absolute atomic E-state index is 12.7. The Morgan fingerprint density at radius 1 is 1.07 bits per heavy atom.